The van der Waals surface area contributed by atoms with Crippen molar-refractivity contribution < 1.29 is 38.3 Å². The number of hydrogen-bond acceptors (Lipinski definition) is 8. The molecule has 6 amide bonds. The van der Waals surface area contributed by atoms with Crippen LogP contribution >= 0.6 is 0 Å². The van der Waals surface area contributed by atoms with Crippen molar-refractivity contribution in [2.24, 2.45) is 23.0 Å². The molecule has 5 N–H and O–H groups in total. The molecule has 1 heterocycles. The Morgan fingerprint density at radius 3 is 2.15 bits per heavy atom. The molecule has 1 aliphatic rings. The number of ether oxygens (including phenoxy) is 1. The lowest BCUT2D eigenvalue weighted by Gasteiger charge is -2.24. The zero-order chi connectivity index (χ0) is 35.1. The summed E-state index contributed by atoms with van der Waals surface area (Å²) < 4.78 is 5.34. The van der Waals surface area contributed by atoms with E-state index in [1.807, 2.05) is 13.8 Å². The lowest BCUT2D eigenvalue weighted by atomic mass is 9.89. The fourth-order valence-corrected chi connectivity index (χ4v) is 5.02. The molecule has 0 unspecified atom stereocenters. The second-order valence-electron chi connectivity index (χ2n) is 13.4. The van der Waals surface area contributed by atoms with Crippen LogP contribution in [0.2, 0.25) is 0 Å². The number of imide groups is 1. The molecule has 0 aliphatic carbocycles. The SMILES string of the molecule is CC(C)[C@H](NC(=O)CCCCCN1C(=O)CCC1=O)C(=O)C[C@@H](CCCNC(N)=O)C(=O)Nc1ccc(COC(=O)C(C)(C)C)cc1. The van der Waals surface area contributed by atoms with Crippen molar-refractivity contribution >= 4 is 47.1 Å². The van der Waals surface area contributed by atoms with E-state index in [2.05, 4.69) is 16.0 Å². The van der Waals surface area contributed by atoms with Crippen LogP contribution in [-0.4, -0.2) is 65.4 Å². The summed E-state index contributed by atoms with van der Waals surface area (Å²) in [5.74, 6) is -2.55. The van der Waals surface area contributed by atoms with Gasteiger partial charge in [0.15, 0.2) is 5.78 Å². The third-order valence-electron chi connectivity index (χ3n) is 7.82. The van der Waals surface area contributed by atoms with Crippen LogP contribution in [0.4, 0.5) is 10.5 Å². The predicted molar refractivity (Wildman–Crippen MR) is 175 cm³/mol. The summed E-state index contributed by atoms with van der Waals surface area (Å²) in [6, 6.07) is 5.36. The molecule has 0 bridgehead atoms. The first kappa shape index (κ1) is 38.9. The maximum atomic E-state index is 13.5. The van der Waals surface area contributed by atoms with Gasteiger partial charge in [-0.2, -0.15) is 0 Å². The van der Waals surface area contributed by atoms with Crippen molar-refractivity contribution in [1.29, 1.82) is 0 Å². The Hall–Kier alpha value is -4.29. The molecule has 2 rings (SSSR count). The molecule has 1 aromatic carbocycles. The van der Waals surface area contributed by atoms with Gasteiger partial charge in [0.05, 0.1) is 11.5 Å². The summed E-state index contributed by atoms with van der Waals surface area (Å²) in [6.45, 7) is 9.63. The Morgan fingerprint density at radius 2 is 1.57 bits per heavy atom. The van der Waals surface area contributed by atoms with Gasteiger partial charge >= 0.3 is 12.0 Å². The van der Waals surface area contributed by atoms with Crippen LogP contribution in [0, 0.1) is 17.3 Å². The van der Waals surface area contributed by atoms with Crippen LogP contribution < -0.4 is 21.7 Å². The predicted octanol–water partition coefficient (Wildman–Crippen LogP) is 3.59. The smallest absolute Gasteiger partial charge is 0.312 e. The van der Waals surface area contributed by atoms with E-state index in [4.69, 9.17) is 10.5 Å². The Labute approximate surface area is 277 Å². The molecule has 0 spiro atoms. The molecule has 0 saturated carbocycles. The number of primary amides is 1. The molecule has 0 radical (unpaired) electrons. The van der Waals surface area contributed by atoms with E-state index in [1.54, 1.807) is 45.0 Å². The van der Waals surface area contributed by atoms with Gasteiger partial charge in [0.25, 0.3) is 0 Å². The Kier molecular flexibility index (Phi) is 15.5. The number of unbranched alkanes of at least 4 members (excludes halogenated alkanes) is 2. The second-order valence-corrected chi connectivity index (χ2v) is 13.4. The molecule has 1 aliphatic heterocycles. The summed E-state index contributed by atoms with van der Waals surface area (Å²) >= 11 is 0. The number of ketones is 1. The van der Waals surface area contributed by atoms with Gasteiger partial charge in [-0.25, -0.2) is 4.79 Å². The number of rotatable bonds is 19. The third-order valence-corrected chi connectivity index (χ3v) is 7.82. The van der Waals surface area contributed by atoms with Gasteiger partial charge in [-0.15, -0.1) is 0 Å². The largest absolute Gasteiger partial charge is 0.460 e. The van der Waals surface area contributed by atoms with Crippen LogP contribution in [0.5, 0.6) is 0 Å². The summed E-state index contributed by atoms with van der Waals surface area (Å²) in [7, 11) is 0. The highest BCUT2D eigenvalue weighted by atomic mass is 16.5. The fraction of sp³-hybridized carbons (Fsp3) is 0.618. The zero-order valence-electron chi connectivity index (χ0n) is 28.3. The first-order valence-corrected chi connectivity index (χ1v) is 16.3. The average molecular weight is 658 g/mol. The second kappa shape index (κ2) is 18.8. The lowest BCUT2D eigenvalue weighted by Crippen LogP contribution is -2.45. The average Bonchev–Trinajstić information content (AvgIpc) is 3.32. The fourth-order valence-electron chi connectivity index (χ4n) is 5.02. The van der Waals surface area contributed by atoms with Crippen LogP contribution in [0.3, 0.4) is 0 Å². The number of carbonyl (C=O) groups is 7. The number of amides is 6. The van der Waals surface area contributed by atoms with Crippen LogP contribution in [-0.2, 0) is 40.1 Å². The standard InChI is InChI=1S/C34H51N5O8/c1-22(2)30(38-27(41)11-7-6-8-19-39-28(42)16-17-29(39)43)26(40)20-24(10-9-18-36-33(35)46)31(44)37-25-14-12-23(13-15-25)21-47-32(45)34(3,4)5/h12-15,22,24,30H,6-11,16-21H2,1-5H3,(H,37,44)(H,38,41)(H3,35,36,46)/t24-,30+/m1/s1. The Balaban J connectivity index is 1.95. The quantitative estimate of drug-likeness (QED) is 0.0984. The van der Waals surface area contributed by atoms with E-state index < -0.39 is 23.4 Å². The third kappa shape index (κ3) is 13.9. The van der Waals surface area contributed by atoms with Gasteiger partial charge in [0, 0.05) is 50.4 Å². The number of likely N-dealkylation sites (tertiary alicyclic amines) is 1. The molecule has 47 heavy (non-hydrogen) atoms. The van der Waals surface area contributed by atoms with Gasteiger partial charge in [-0.3, -0.25) is 33.7 Å². The van der Waals surface area contributed by atoms with E-state index in [-0.39, 0.29) is 80.1 Å². The highest BCUT2D eigenvalue weighted by molar-refractivity contribution is 6.02. The maximum Gasteiger partial charge on any atom is 0.312 e. The molecule has 1 fully saturated rings. The van der Waals surface area contributed by atoms with Crippen LogP contribution in [0.1, 0.15) is 98.0 Å². The molecule has 1 saturated heterocycles. The number of esters is 1. The normalized spacial score (nSPS) is 14.5. The zero-order valence-corrected chi connectivity index (χ0v) is 28.3. The molecule has 13 heteroatoms. The maximum absolute atomic E-state index is 13.5. The molecular formula is C34H51N5O8. The minimum Gasteiger partial charge on any atom is -0.460 e. The Bertz CT molecular complexity index is 1260. The summed E-state index contributed by atoms with van der Waals surface area (Å²) in [5, 5.41) is 8.16. The molecule has 0 aromatic heterocycles. The van der Waals surface area contributed by atoms with Crippen molar-refractivity contribution in [3.05, 3.63) is 29.8 Å². The first-order chi connectivity index (χ1) is 22.1. The van der Waals surface area contributed by atoms with Gasteiger partial charge < -0.3 is 26.4 Å². The number of Topliss-reactive ketones (excluding diaryl/α,β-unsaturated/α-hetero) is 1. The minimum absolute atomic E-state index is 0.0945. The van der Waals surface area contributed by atoms with Crippen LogP contribution in [0.25, 0.3) is 0 Å². The van der Waals surface area contributed by atoms with Gasteiger partial charge in [-0.1, -0.05) is 32.4 Å². The lowest BCUT2D eigenvalue weighted by molar-refractivity contribution is -0.154. The molecule has 1 aromatic rings. The molecular weight excluding hydrogens is 606 g/mol. The monoisotopic (exact) mass is 657 g/mol. The molecule has 260 valence electrons. The van der Waals surface area contributed by atoms with Crippen molar-refractivity contribution in [3.63, 3.8) is 0 Å². The van der Waals surface area contributed by atoms with Crippen molar-refractivity contribution in [2.45, 2.75) is 105 Å². The van der Waals surface area contributed by atoms with Gasteiger partial charge in [0.1, 0.15) is 6.61 Å². The van der Waals surface area contributed by atoms with Crippen molar-refractivity contribution in [2.75, 3.05) is 18.4 Å². The number of nitrogens with zero attached hydrogens (tertiary/aromatic N) is 1. The topological polar surface area (TPSA) is 194 Å². The summed E-state index contributed by atoms with van der Waals surface area (Å²) in [5.41, 5.74) is 5.78. The first-order valence-electron chi connectivity index (χ1n) is 16.3. The van der Waals surface area contributed by atoms with Crippen LogP contribution in [0.15, 0.2) is 24.3 Å². The number of urea groups is 1. The van der Waals surface area contributed by atoms with E-state index in [0.29, 0.717) is 44.3 Å². The molecule has 13 nitrogen and oxygen atoms in total. The Morgan fingerprint density at radius 1 is 0.936 bits per heavy atom. The van der Waals surface area contributed by atoms with E-state index in [0.717, 1.165) is 5.56 Å². The van der Waals surface area contributed by atoms with E-state index in [1.165, 1.54) is 4.90 Å². The number of carbonyl (C=O) groups excluding carboxylic acids is 7. The van der Waals surface area contributed by atoms with Gasteiger partial charge in [-0.05, 0) is 70.1 Å². The van der Waals surface area contributed by atoms with E-state index >= 15 is 0 Å². The van der Waals surface area contributed by atoms with Gasteiger partial charge in [0.2, 0.25) is 23.6 Å². The van der Waals surface area contributed by atoms with E-state index in [9.17, 15) is 33.6 Å². The number of hydrogen-bond donors (Lipinski definition) is 4. The molecule has 2 atom stereocenters. The van der Waals surface area contributed by atoms with Crippen molar-refractivity contribution in [1.82, 2.24) is 15.5 Å². The number of anilines is 1. The summed E-state index contributed by atoms with van der Waals surface area (Å²) in [6.07, 6.45) is 3.06. The minimum atomic E-state index is -0.795. The number of nitrogens with one attached hydrogen (secondary N) is 3. The summed E-state index contributed by atoms with van der Waals surface area (Å²) in [4.78, 5) is 87.5. The number of benzene rings is 1. The number of nitrogens with two attached hydrogens (primary N) is 1. The van der Waals surface area contributed by atoms with Crippen molar-refractivity contribution in [3.8, 4) is 0 Å². The highest BCUT2D eigenvalue weighted by Gasteiger charge is 2.30. The highest BCUT2D eigenvalue weighted by Crippen LogP contribution is 2.21.